The summed E-state index contributed by atoms with van der Waals surface area (Å²) in [5.41, 5.74) is 1.54. The zero-order valence-corrected chi connectivity index (χ0v) is 23.2. The topological polar surface area (TPSA) is 64.2 Å². The third kappa shape index (κ3) is 5.60. The smallest absolute Gasteiger partial charge is 0.253 e. The van der Waals surface area contributed by atoms with Crippen LogP contribution in [0.3, 0.4) is 0 Å². The number of likely N-dealkylation sites (N-methyl/N-ethyl adjacent to an activating group) is 1. The molecule has 39 heavy (non-hydrogen) atoms. The minimum absolute atomic E-state index is 0.00307. The van der Waals surface area contributed by atoms with Crippen LogP contribution in [0, 0.1) is 0 Å². The molecule has 2 aliphatic rings. The Hall–Kier alpha value is -3.55. The van der Waals surface area contributed by atoms with E-state index in [1.807, 2.05) is 60.7 Å². The number of benzene rings is 3. The Bertz CT molecular complexity index is 1340. The first kappa shape index (κ1) is 27.0. The van der Waals surface area contributed by atoms with E-state index in [2.05, 4.69) is 4.90 Å². The van der Waals surface area contributed by atoms with Gasteiger partial charge in [0.05, 0.1) is 6.67 Å². The summed E-state index contributed by atoms with van der Waals surface area (Å²) in [5, 5.41) is 0.802. The van der Waals surface area contributed by atoms with Gasteiger partial charge in [-0.15, -0.1) is 0 Å². The monoisotopic (exact) mass is 564 g/mol. The molecule has 3 aromatic carbocycles. The van der Waals surface area contributed by atoms with Crippen molar-refractivity contribution in [2.24, 2.45) is 0 Å². The number of carbonyl (C=O) groups excluding carboxylic acids is 3. The largest absolute Gasteiger partial charge is 0.340 e. The summed E-state index contributed by atoms with van der Waals surface area (Å²) < 4.78 is 0. The second kappa shape index (κ2) is 11.3. The summed E-state index contributed by atoms with van der Waals surface area (Å²) in [5.74, 6) is -0.367. The molecule has 1 spiro atoms. The molecule has 2 aliphatic heterocycles. The summed E-state index contributed by atoms with van der Waals surface area (Å²) in [6.45, 7) is 1.57. The number of piperidine rings is 1. The fraction of sp³-hybridized carbons (Fsp3) is 0.300. The van der Waals surface area contributed by atoms with Gasteiger partial charge in [0.2, 0.25) is 5.91 Å². The Morgan fingerprint density at radius 3 is 2.10 bits per heavy atom. The summed E-state index contributed by atoms with van der Waals surface area (Å²) in [7, 11) is 1.76. The number of amides is 3. The number of halogens is 2. The molecule has 0 bridgehead atoms. The minimum Gasteiger partial charge on any atom is -0.340 e. The second-order valence-electron chi connectivity index (χ2n) is 10.1. The molecule has 0 radical (unpaired) electrons. The van der Waals surface area contributed by atoms with Crippen molar-refractivity contribution in [1.82, 2.24) is 14.7 Å². The number of likely N-dealkylation sites (tertiary alicyclic amines) is 1. The van der Waals surface area contributed by atoms with Crippen molar-refractivity contribution in [1.29, 1.82) is 0 Å². The van der Waals surface area contributed by atoms with E-state index in [4.69, 9.17) is 23.2 Å². The Balaban J connectivity index is 1.33. The molecule has 2 heterocycles. The SMILES string of the molecule is CN(Cc1ccccc1)C(=O)CN1CN(c2ccccc2)C2(CCN(C(=O)c3cc(Cl)cc(Cl)c3)CC2)C1=O. The van der Waals surface area contributed by atoms with Gasteiger partial charge in [-0.05, 0) is 48.7 Å². The predicted molar refractivity (Wildman–Crippen MR) is 153 cm³/mol. The fourth-order valence-electron chi connectivity index (χ4n) is 5.49. The highest BCUT2D eigenvalue weighted by atomic mass is 35.5. The lowest BCUT2D eigenvalue weighted by Crippen LogP contribution is -2.57. The van der Waals surface area contributed by atoms with Crippen LogP contribution in [0.25, 0.3) is 0 Å². The van der Waals surface area contributed by atoms with Gasteiger partial charge in [-0.1, -0.05) is 71.7 Å². The van der Waals surface area contributed by atoms with Crippen molar-refractivity contribution in [2.75, 3.05) is 38.3 Å². The van der Waals surface area contributed by atoms with Crippen LogP contribution in [0.2, 0.25) is 10.0 Å². The van der Waals surface area contributed by atoms with E-state index in [9.17, 15) is 14.4 Å². The van der Waals surface area contributed by atoms with E-state index in [0.29, 0.717) is 54.8 Å². The van der Waals surface area contributed by atoms with Gasteiger partial charge in [-0.2, -0.15) is 0 Å². The van der Waals surface area contributed by atoms with Crippen LogP contribution < -0.4 is 4.90 Å². The van der Waals surface area contributed by atoms with Gasteiger partial charge in [-0.3, -0.25) is 14.4 Å². The number of anilines is 1. The van der Waals surface area contributed by atoms with Gasteiger partial charge in [-0.25, -0.2) is 0 Å². The first-order valence-corrected chi connectivity index (χ1v) is 13.7. The van der Waals surface area contributed by atoms with E-state index in [-0.39, 0.29) is 24.3 Å². The first-order valence-electron chi connectivity index (χ1n) is 12.9. The third-order valence-electron chi connectivity index (χ3n) is 7.58. The lowest BCUT2D eigenvalue weighted by Gasteiger charge is -2.43. The molecule has 9 heteroatoms. The number of para-hydroxylation sites is 1. The molecule has 202 valence electrons. The molecule has 5 rings (SSSR count). The Morgan fingerprint density at radius 1 is 0.897 bits per heavy atom. The number of rotatable bonds is 6. The Kier molecular flexibility index (Phi) is 7.82. The maximum absolute atomic E-state index is 14.0. The zero-order valence-electron chi connectivity index (χ0n) is 21.7. The van der Waals surface area contributed by atoms with E-state index in [0.717, 1.165) is 11.3 Å². The van der Waals surface area contributed by atoms with E-state index in [1.54, 1.807) is 39.9 Å². The lowest BCUT2D eigenvalue weighted by atomic mass is 9.85. The van der Waals surface area contributed by atoms with Crippen molar-refractivity contribution in [3.05, 3.63) is 100 Å². The zero-order chi connectivity index (χ0) is 27.6. The first-order chi connectivity index (χ1) is 18.8. The number of carbonyl (C=O) groups is 3. The molecular weight excluding hydrogens is 535 g/mol. The average molecular weight is 566 g/mol. The maximum atomic E-state index is 14.0. The molecule has 3 amide bonds. The Labute approximate surface area is 238 Å². The molecule has 0 unspecified atom stereocenters. The fourth-order valence-corrected chi connectivity index (χ4v) is 6.02. The Morgan fingerprint density at radius 2 is 1.49 bits per heavy atom. The van der Waals surface area contributed by atoms with Gasteiger partial charge in [0.1, 0.15) is 12.1 Å². The maximum Gasteiger partial charge on any atom is 0.253 e. The van der Waals surface area contributed by atoms with Crippen molar-refractivity contribution >= 4 is 46.6 Å². The molecule has 2 saturated heterocycles. The standard InChI is InChI=1S/C30H30Cl2N4O3/c1-33(19-22-8-4-2-5-9-22)27(37)20-35-21-36(26-10-6-3-7-11-26)30(29(35)39)12-14-34(15-13-30)28(38)23-16-24(31)18-25(32)17-23/h2-11,16-18H,12-15,19-21H2,1H3. The molecule has 0 aromatic heterocycles. The van der Waals surface area contributed by atoms with Gasteiger partial charge < -0.3 is 19.6 Å². The van der Waals surface area contributed by atoms with Crippen molar-refractivity contribution in [3.63, 3.8) is 0 Å². The highest BCUT2D eigenvalue weighted by Gasteiger charge is 2.54. The molecule has 2 fully saturated rings. The summed E-state index contributed by atoms with van der Waals surface area (Å²) >= 11 is 12.2. The molecule has 7 nitrogen and oxygen atoms in total. The lowest BCUT2D eigenvalue weighted by molar-refractivity contribution is -0.140. The number of nitrogens with zero attached hydrogens (tertiary/aromatic N) is 4. The molecule has 0 aliphatic carbocycles. The second-order valence-corrected chi connectivity index (χ2v) is 11.0. The highest BCUT2D eigenvalue weighted by molar-refractivity contribution is 6.35. The van der Waals surface area contributed by atoms with Crippen LogP contribution in [-0.2, 0) is 16.1 Å². The normalized spacial score (nSPS) is 16.6. The average Bonchev–Trinajstić information content (AvgIpc) is 3.19. The molecule has 0 N–H and O–H groups in total. The van der Waals surface area contributed by atoms with Crippen LogP contribution >= 0.6 is 23.2 Å². The van der Waals surface area contributed by atoms with E-state index < -0.39 is 5.54 Å². The van der Waals surface area contributed by atoms with Crippen LogP contribution in [-0.4, -0.2) is 71.3 Å². The van der Waals surface area contributed by atoms with Crippen LogP contribution in [0.4, 0.5) is 5.69 Å². The van der Waals surface area contributed by atoms with Gasteiger partial charge in [0.25, 0.3) is 11.8 Å². The van der Waals surface area contributed by atoms with Crippen molar-refractivity contribution in [2.45, 2.75) is 24.9 Å². The molecule has 3 aromatic rings. The number of hydrogen-bond acceptors (Lipinski definition) is 4. The summed E-state index contributed by atoms with van der Waals surface area (Å²) in [6, 6.07) is 24.4. The molecule has 0 atom stereocenters. The summed E-state index contributed by atoms with van der Waals surface area (Å²) in [6.07, 6.45) is 0.899. The van der Waals surface area contributed by atoms with Crippen LogP contribution in [0.15, 0.2) is 78.9 Å². The highest BCUT2D eigenvalue weighted by Crippen LogP contribution is 2.40. The quantitative estimate of drug-likeness (QED) is 0.425. The van der Waals surface area contributed by atoms with Gasteiger partial charge >= 0.3 is 0 Å². The number of hydrogen-bond donors (Lipinski definition) is 0. The molecular formula is C30H30Cl2N4O3. The van der Waals surface area contributed by atoms with E-state index >= 15 is 0 Å². The van der Waals surface area contributed by atoms with Crippen molar-refractivity contribution < 1.29 is 14.4 Å². The van der Waals surface area contributed by atoms with Crippen LogP contribution in [0.5, 0.6) is 0 Å². The van der Waals surface area contributed by atoms with Crippen LogP contribution in [0.1, 0.15) is 28.8 Å². The third-order valence-corrected chi connectivity index (χ3v) is 8.02. The predicted octanol–water partition coefficient (Wildman–Crippen LogP) is 4.93. The van der Waals surface area contributed by atoms with E-state index in [1.165, 1.54) is 0 Å². The van der Waals surface area contributed by atoms with Gasteiger partial charge in [0.15, 0.2) is 0 Å². The summed E-state index contributed by atoms with van der Waals surface area (Å²) in [4.78, 5) is 47.5. The molecule has 0 saturated carbocycles. The minimum atomic E-state index is -0.831. The van der Waals surface area contributed by atoms with Crippen molar-refractivity contribution in [3.8, 4) is 0 Å². The van der Waals surface area contributed by atoms with Gasteiger partial charge in [0, 0.05) is 48.0 Å².